The highest BCUT2D eigenvalue weighted by molar-refractivity contribution is 5.61. The topological polar surface area (TPSA) is 62.5 Å². The number of aromatic nitrogens is 5. The minimum Gasteiger partial charge on any atom is -0.337 e. The highest BCUT2D eigenvalue weighted by Gasteiger charge is 2.19. The summed E-state index contributed by atoms with van der Waals surface area (Å²) in [5, 5.41) is 4.67. The fraction of sp³-hybridized carbons (Fsp3) is 0.333. The minimum atomic E-state index is 0.628. The van der Waals surface area contributed by atoms with Crippen LogP contribution in [0.3, 0.4) is 0 Å². The Hall–Kier alpha value is -2.54. The molecule has 0 unspecified atom stereocenters. The van der Waals surface area contributed by atoms with Crippen LogP contribution in [0.1, 0.15) is 0 Å². The number of hydrogen-bond acceptors (Lipinski definition) is 6. The van der Waals surface area contributed by atoms with Gasteiger partial charge in [-0.2, -0.15) is 9.50 Å². The standard InChI is InChI=1S/C15H17N7/c1-20-8-10-21(11-9-20)15-18-14-17-7-4-13(22(14)19-15)12-2-5-16-6-3-12/h2-7H,8-11H2,1H3. The molecule has 1 fully saturated rings. The van der Waals surface area contributed by atoms with Crippen molar-refractivity contribution in [3.63, 3.8) is 0 Å². The first-order valence-electron chi connectivity index (χ1n) is 7.37. The van der Waals surface area contributed by atoms with E-state index in [-0.39, 0.29) is 0 Å². The monoisotopic (exact) mass is 295 g/mol. The number of fused-ring (bicyclic) bond motifs is 1. The molecule has 0 N–H and O–H groups in total. The van der Waals surface area contributed by atoms with Crippen molar-refractivity contribution >= 4 is 11.7 Å². The molecule has 0 amide bonds. The summed E-state index contributed by atoms with van der Waals surface area (Å²) in [7, 11) is 2.14. The van der Waals surface area contributed by atoms with E-state index in [4.69, 9.17) is 0 Å². The predicted octanol–water partition coefficient (Wildman–Crippen LogP) is 0.938. The largest absolute Gasteiger partial charge is 0.337 e. The number of rotatable bonds is 2. The summed E-state index contributed by atoms with van der Waals surface area (Å²) in [6, 6.07) is 5.88. The van der Waals surface area contributed by atoms with Gasteiger partial charge >= 0.3 is 0 Å². The molecule has 7 nitrogen and oxygen atoms in total. The maximum absolute atomic E-state index is 4.67. The molecule has 4 heterocycles. The zero-order chi connectivity index (χ0) is 14.9. The number of nitrogens with zero attached hydrogens (tertiary/aromatic N) is 7. The molecule has 22 heavy (non-hydrogen) atoms. The van der Waals surface area contributed by atoms with Gasteiger partial charge in [0.15, 0.2) is 0 Å². The van der Waals surface area contributed by atoms with Crippen LogP contribution in [-0.2, 0) is 0 Å². The van der Waals surface area contributed by atoms with E-state index in [1.165, 1.54) is 0 Å². The van der Waals surface area contributed by atoms with Crippen LogP contribution < -0.4 is 4.90 Å². The molecule has 0 radical (unpaired) electrons. The Morgan fingerprint density at radius 1 is 0.955 bits per heavy atom. The number of piperazine rings is 1. The van der Waals surface area contributed by atoms with E-state index in [1.54, 1.807) is 18.6 Å². The van der Waals surface area contributed by atoms with Gasteiger partial charge in [0, 0.05) is 50.3 Å². The van der Waals surface area contributed by atoms with Crippen molar-refractivity contribution in [2.75, 3.05) is 38.1 Å². The smallest absolute Gasteiger partial charge is 0.254 e. The van der Waals surface area contributed by atoms with Gasteiger partial charge in [-0.1, -0.05) is 0 Å². The predicted molar refractivity (Wildman–Crippen MR) is 83.7 cm³/mol. The third-order valence-electron chi connectivity index (χ3n) is 3.99. The van der Waals surface area contributed by atoms with E-state index >= 15 is 0 Å². The zero-order valence-corrected chi connectivity index (χ0v) is 12.4. The van der Waals surface area contributed by atoms with Crippen molar-refractivity contribution in [2.45, 2.75) is 0 Å². The van der Waals surface area contributed by atoms with Gasteiger partial charge in [0.05, 0.1) is 5.69 Å². The van der Waals surface area contributed by atoms with Gasteiger partial charge in [0.1, 0.15) is 0 Å². The molecule has 1 aliphatic heterocycles. The third kappa shape index (κ3) is 2.29. The first kappa shape index (κ1) is 13.1. The van der Waals surface area contributed by atoms with E-state index in [1.807, 2.05) is 22.7 Å². The second kappa shape index (κ2) is 5.34. The number of likely N-dealkylation sites (N-methyl/N-ethyl adjacent to an activating group) is 1. The van der Waals surface area contributed by atoms with Crippen LogP contribution in [0.2, 0.25) is 0 Å². The van der Waals surface area contributed by atoms with Gasteiger partial charge in [-0.25, -0.2) is 4.98 Å². The Bertz CT molecular complexity index is 775. The lowest BCUT2D eigenvalue weighted by Crippen LogP contribution is -2.45. The second-order valence-corrected chi connectivity index (χ2v) is 5.48. The van der Waals surface area contributed by atoms with Gasteiger partial charge in [-0.05, 0) is 25.2 Å². The Balaban J connectivity index is 1.75. The third-order valence-corrected chi connectivity index (χ3v) is 3.99. The van der Waals surface area contributed by atoms with Gasteiger partial charge in [-0.3, -0.25) is 4.98 Å². The van der Waals surface area contributed by atoms with Crippen LogP contribution in [0, 0.1) is 0 Å². The van der Waals surface area contributed by atoms with Crippen molar-refractivity contribution in [1.82, 2.24) is 29.5 Å². The number of anilines is 1. The van der Waals surface area contributed by atoms with Crippen molar-refractivity contribution in [3.8, 4) is 11.3 Å². The Labute approximate surface area is 128 Å². The lowest BCUT2D eigenvalue weighted by atomic mass is 10.2. The average Bonchev–Trinajstić information content (AvgIpc) is 3.00. The maximum Gasteiger partial charge on any atom is 0.254 e. The van der Waals surface area contributed by atoms with Crippen molar-refractivity contribution in [3.05, 3.63) is 36.8 Å². The van der Waals surface area contributed by atoms with E-state index < -0.39 is 0 Å². The molecule has 0 aliphatic carbocycles. The van der Waals surface area contributed by atoms with Crippen LogP contribution in [0.5, 0.6) is 0 Å². The lowest BCUT2D eigenvalue weighted by molar-refractivity contribution is 0.311. The highest BCUT2D eigenvalue weighted by atomic mass is 15.4. The van der Waals surface area contributed by atoms with E-state index in [0.29, 0.717) is 5.78 Å². The molecule has 7 heteroatoms. The molecule has 112 valence electrons. The summed E-state index contributed by atoms with van der Waals surface area (Å²) < 4.78 is 1.81. The van der Waals surface area contributed by atoms with Gasteiger partial charge in [-0.15, -0.1) is 5.10 Å². The van der Waals surface area contributed by atoms with Crippen LogP contribution in [-0.4, -0.2) is 62.7 Å². The summed E-state index contributed by atoms with van der Waals surface area (Å²) >= 11 is 0. The molecular weight excluding hydrogens is 278 g/mol. The Kier molecular flexibility index (Phi) is 3.19. The summed E-state index contributed by atoms with van der Waals surface area (Å²) in [4.78, 5) is 17.5. The molecule has 0 saturated carbocycles. The van der Waals surface area contributed by atoms with Crippen molar-refractivity contribution < 1.29 is 0 Å². The van der Waals surface area contributed by atoms with E-state index in [2.05, 4.69) is 36.9 Å². The minimum absolute atomic E-state index is 0.628. The lowest BCUT2D eigenvalue weighted by Gasteiger charge is -2.31. The van der Waals surface area contributed by atoms with Crippen LogP contribution >= 0.6 is 0 Å². The first-order valence-corrected chi connectivity index (χ1v) is 7.37. The molecule has 4 rings (SSSR count). The van der Waals surface area contributed by atoms with Crippen molar-refractivity contribution in [1.29, 1.82) is 0 Å². The molecular formula is C15H17N7. The Morgan fingerprint density at radius 2 is 1.73 bits per heavy atom. The molecule has 3 aromatic rings. The Morgan fingerprint density at radius 3 is 2.50 bits per heavy atom. The van der Waals surface area contributed by atoms with E-state index in [0.717, 1.165) is 43.4 Å². The molecule has 1 saturated heterocycles. The summed E-state index contributed by atoms with van der Waals surface area (Å²) in [6.45, 7) is 3.94. The molecule has 0 bridgehead atoms. The van der Waals surface area contributed by atoms with Crippen molar-refractivity contribution in [2.24, 2.45) is 0 Å². The fourth-order valence-electron chi connectivity index (χ4n) is 2.67. The SMILES string of the molecule is CN1CCN(c2nc3nccc(-c4ccncc4)n3n2)CC1. The summed E-state index contributed by atoms with van der Waals surface area (Å²) in [6.07, 6.45) is 5.33. The summed E-state index contributed by atoms with van der Waals surface area (Å²) in [5.74, 6) is 1.38. The van der Waals surface area contributed by atoms with Gasteiger partial charge < -0.3 is 9.80 Å². The molecule has 0 aromatic carbocycles. The zero-order valence-electron chi connectivity index (χ0n) is 12.4. The quantitative estimate of drug-likeness (QED) is 0.701. The normalized spacial score (nSPS) is 16.3. The maximum atomic E-state index is 4.67. The highest BCUT2D eigenvalue weighted by Crippen LogP contribution is 2.20. The fourth-order valence-corrected chi connectivity index (χ4v) is 2.67. The van der Waals surface area contributed by atoms with Crippen LogP contribution in [0.25, 0.3) is 17.0 Å². The van der Waals surface area contributed by atoms with Crippen LogP contribution in [0.15, 0.2) is 36.8 Å². The van der Waals surface area contributed by atoms with E-state index in [9.17, 15) is 0 Å². The molecule has 1 aliphatic rings. The average molecular weight is 295 g/mol. The summed E-state index contributed by atoms with van der Waals surface area (Å²) in [5.41, 5.74) is 2.03. The van der Waals surface area contributed by atoms with Crippen LogP contribution in [0.4, 0.5) is 5.95 Å². The second-order valence-electron chi connectivity index (χ2n) is 5.48. The molecule has 3 aromatic heterocycles. The molecule has 0 spiro atoms. The van der Waals surface area contributed by atoms with Gasteiger partial charge in [0.25, 0.3) is 5.78 Å². The number of pyridine rings is 1. The number of hydrogen-bond donors (Lipinski definition) is 0. The first-order chi connectivity index (χ1) is 10.8. The molecule has 0 atom stereocenters. The van der Waals surface area contributed by atoms with Gasteiger partial charge in [0.2, 0.25) is 5.95 Å².